The average molecular weight is 1360 g/mol. The molecule has 19 heteroatoms. The molecule has 0 bridgehead atoms. The molecule has 3 unspecified atom stereocenters. The van der Waals surface area contributed by atoms with Crippen molar-refractivity contribution < 1.29 is 80.2 Å². The van der Waals surface area contributed by atoms with Crippen LogP contribution in [0.4, 0.5) is 0 Å². The lowest BCUT2D eigenvalue weighted by Crippen LogP contribution is -2.30. The van der Waals surface area contributed by atoms with Gasteiger partial charge in [0.25, 0.3) is 0 Å². The van der Waals surface area contributed by atoms with Crippen molar-refractivity contribution in [2.45, 2.75) is 369 Å². The Labute approximate surface area is 567 Å². The first kappa shape index (κ1) is 90.5. The predicted molar refractivity (Wildman–Crippen MR) is 377 cm³/mol. The average Bonchev–Trinajstić information content (AvgIpc) is 2.53. The standard InChI is InChI=1S/C74H140O17P2/c1-8-10-11-12-13-14-15-16-17-18-22-28-33-41-48-55-71(76)84-61-69(90-74(79)58-51-44-35-30-25-24-27-32-39-46-53-66(5)6)63-88-92(80,81)86-59-68(75)60-87-93(82,83)89-64-70(62-85-72(77)56-49-42-37-36-40-47-54-67(7)9-2)91-73(78)57-50-43-34-29-23-20-19-21-26-31-38-45-52-65(3)4/h14-17,65-70,75H,8-13,18-64H2,1-7H3,(H,80,81)(H,82,83)/b15-14-,17-16-/t67?,68-,69-,70-/m1/s1. The molecule has 0 aliphatic carbocycles. The lowest BCUT2D eigenvalue weighted by atomic mass is 10.00. The van der Waals surface area contributed by atoms with Crippen molar-refractivity contribution in [3.63, 3.8) is 0 Å². The molecule has 6 atom stereocenters. The Morgan fingerprint density at radius 3 is 0.957 bits per heavy atom. The number of unbranched alkanes of at least 4 members (excludes halogenated alkanes) is 34. The fourth-order valence-corrected chi connectivity index (χ4v) is 12.3. The predicted octanol–water partition coefficient (Wildman–Crippen LogP) is 21.0. The van der Waals surface area contributed by atoms with Gasteiger partial charge in [-0.05, 0) is 69.1 Å². The zero-order chi connectivity index (χ0) is 68.7. The second-order valence-corrected chi connectivity index (χ2v) is 30.1. The summed E-state index contributed by atoms with van der Waals surface area (Å²) in [6.07, 6.45) is 52.1. The molecule has 0 heterocycles. The molecule has 3 N–H and O–H groups in total. The van der Waals surface area contributed by atoms with Gasteiger partial charge in [0.05, 0.1) is 26.4 Å². The molecule has 0 aliphatic heterocycles. The summed E-state index contributed by atoms with van der Waals surface area (Å²) in [5, 5.41) is 10.6. The number of esters is 4. The minimum Gasteiger partial charge on any atom is -0.462 e. The van der Waals surface area contributed by atoms with Gasteiger partial charge in [0.15, 0.2) is 12.2 Å². The SMILES string of the molecule is CCCCCC/C=C\C=C/CCCCCCCC(=O)OC[C@H](COP(=O)(O)OC[C@@H](O)COP(=O)(O)OC[C@@H](COC(=O)CCCCCCCCC(C)CC)OC(=O)CCCCCCCCCCCCCCC(C)C)OC(=O)CCCCCCCCCCCCC(C)C. The summed E-state index contributed by atoms with van der Waals surface area (Å²) in [5.41, 5.74) is 0. The van der Waals surface area contributed by atoms with Crippen LogP contribution in [-0.4, -0.2) is 96.7 Å². The molecule has 0 aliphatic rings. The highest BCUT2D eigenvalue weighted by molar-refractivity contribution is 7.47. The number of ether oxygens (including phenoxy) is 4. The van der Waals surface area contributed by atoms with E-state index in [1.165, 1.54) is 135 Å². The minimum absolute atomic E-state index is 0.0986. The number of hydrogen-bond acceptors (Lipinski definition) is 15. The van der Waals surface area contributed by atoms with Crippen LogP contribution in [0.1, 0.15) is 350 Å². The van der Waals surface area contributed by atoms with E-state index in [1.807, 2.05) is 0 Å². The van der Waals surface area contributed by atoms with E-state index in [0.29, 0.717) is 25.7 Å². The second-order valence-electron chi connectivity index (χ2n) is 27.2. The monoisotopic (exact) mass is 1360 g/mol. The fourth-order valence-electron chi connectivity index (χ4n) is 10.7. The van der Waals surface area contributed by atoms with Crippen LogP contribution in [0.25, 0.3) is 0 Å². The highest BCUT2D eigenvalue weighted by Gasteiger charge is 2.30. The Balaban J connectivity index is 5.29. The number of carbonyl (C=O) groups is 4. The largest absolute Gasteiger partial charge is 0.472 e. The molecule has 0 radical (unpaired) electrons. The van der Waals surface area contributed by atoms with E-state index in [2.05, 4.69) is 72.8 Å². The van der Waals surface area contributed by atoms with E-state index in [1.54, 1.807) is 0 Å². The molecule has 0 rings (SSSR count). The Morgan fingerprint density at radius 2 is 0.634 bits per heavy atom. The van der Waals surface area contributed by atoms with E-state index in [4.69, 9.17) is 37.0 Å². The number of phosphoric ester groups is 2. The number of phosphoric acid groups is 2. The van der Waals surface area contributed by atoms with Gasteiger partial charge in [-0.1, -0.05) is 297 Å². The first-order valence-corrected chi connectivity index (χ1v) is 40.7. The number of hydrogen-bond donors (Lipinski definition) is 3. The van der Waals surface area contributed by atoms with Crippen LogP contribution < -0.4 is 0 Å². The third-order valence-corrected chi connectivity index (χ3v) is 18.8. The lowest BCUT2D eigenvalue weighted by molar-refractivity contribution is -0.161. The molecule has 17 nitrogen and oxygen atoms in total. The van der Waals surface area contributed by atoms with Crippen LogP contribution >= 0.6 is 15.6 Å². The number of aliphatic hydroxyl groups is 1. The molecular formula is C74H140O17P2. The molecule has 0 fully saturated rings. The van der Waals surface area contributed by atoms with Crippen molar-refractivity contribution in [1.82, 2.24) is 0 Å². The summed E-state index contributed by atoms with van der Waals surface area (Å²) >= 11 is 0. The van der Waals surface area contributed by atoms with Gasteiger partial charge in [0.1, 0.15) is 19.3 Å². The van der Waals surface area contributed by atoms with E-state index < -0.39 is 97.5 Å². The maximum atomic E-state index is 13.0. The molecule has 0 spiro atoms. The van der Waals surface area contributed by atoms with Gasteiger partial charge in [0.2, 0.25) is 0 Å². The zero-order valence-corrected chi connectivity index (χ0v) is 62.0. The van der Waals surface area contributed by atoms with Gasteiger partial charge in [-0.25, -0.2) is 9.13 Å². The van der Waals surface area contributed by atoms with Crippen LogP contribution in [0, 0.1) is 17.8 Å². The van der Waals surface area contributed by atoms with Crippen molar-refractivity contribution in [3.05, 3.63) is 24.3 Å². The molecule has 0 aromatic heterocycles. The first-order valence-electron chi connectivity index (χ1n) is 37.7. The van der Waals surface area contributed by atoms with Crippen LogP contribution in [-0.2, 0) is 65.4 Å². The third kappa shape index (κ3) is 66.6. The summed E-state index contributed by atoms with van der Waals surface area (Å²) in [5.74, 6) is 0.101. The summed E-state index contributed by atoms with van der Waals surface area (Å²) in [7, 11) is -9.92. The van der Waals surface area contributed by atoms with Crippen molar-refractivity contribution in [1.29, 1.82) is 0 Å². The van der Waals surface area contributed by atoms with Crippen molar-refractivity contribution in [2.75, 3.05) is 39.6 Å². The Kier molecular flexibility index (Phi) is 62.5. The van der Waals surface area contributed by atoms with Gasteiger partial charge in [-0.15, -0.1) is 0 Å². The summed E-state index contributed by atoms with van der Waals surface area (Å²) in [4.78, 5) is 72.7. The summed E-state index contributed by atoms with van der Waals surface area (Å²) in [6.45, 7) is 11.8. The van der Waals surface area contributed by atoms with Gasteiger partial charge < -0.3 is 33.8 Å². The lowest BCUT2D eigenvalue weighted by Gasteiger charge is -2.21. The molecular weight excluding hydrogens is 1220 g/mol. The van der Waals surface area contributed by atoms with Gasteiger partial charge in [-0.3, -0.25) is 37.3 Å². The third-order valence-electron chi connectivity index (χ3n) is 16.9. The molecule has 0 amide bonds. The number of aliphatic hydroxyl groups excluding tert-OH is 1. The quantitative estimate of drug-likeness (QED) is 0.0169. The van der Waals surface area contributed by atoms with Crippen LogP contribution in [0.3, 0.4) is 0 Å². The Hall–Kier alpha value is -2.46. The molecule has 93 heavy (non-hydrogen) atoms. The second kappa shape index (κ2) is 64.2. The van der Waals surface area contributed by atoms with Crippen LogP contribution in [0.5, 0.6) is 0 Å². The smallest absolute Gasteiger partial charge is 0.462 e. The van der Waals surface area contributed by atoms with Gasteiger partial charge in [0, 0.05) is 25.7 Å². The van der Waals surface area contributed by atoms with Crippen molar-refractivity contribution >= 4 is 39.5 Å². The Morgan fingerprint density at radius 1 is 0.355 bits per heavy atom. The van der Waals surface area contributed by atoms with Crippen LogP contribution in [0.2, 0.25) is 0 Å². The fraction of sp³-hybridized carbons (Fsp3) is 0.892. The van der Waals surface area contributed by atoms with Crippen molar-refractivity contribution in [3.8, 4) is 0 Å². The van der Waals surface area contributed by atoms with Crippen molar-refractivity contribution in [2.24, 2.45) is 17.8 Å². The van der Waals surface area contributed by atoms with E-state index in [0.717, 1.165) is 133 Å². The normalized spacial score (nSPS) is 14.6. The molecule has 548 valence electrons. The topological polar surface area (TPSA) is 237 Å². The number of allylic oxidation sites excluding steroid dienone is 4. The maximum absolute atomic E-state index is 13.0. The summed E-state index contributed by atoms with van der Waals surface area (Å²) in [6, 6.07) is 0. The maximum Gasteiger partial charge on any atom is 0.472 e. The van der Waals surface area contributed by atoms with E-state index in [-0.39, 0.29) is 25.7 Å². The molecule has 0 saturated heterocycles. The summed E-state index contributed by atoms with van der Waals surface area (Å²) < 4.78 is 68.4. The van der Waals surface area contributed by atoms with E-state index >= 15 is 0 Å². The van der Waals surface area contributed by atoms with E-state index in [9.17, 15) is 43.2 Å². The molecule has 0 saturated carbocycles. The number of carbonyl (C=O) groups excluding carboxylic acids is 4. The minimum atomic E-state index is -4.96. The zero-order valence-electron chi connectivity index (χ0n) is 60.2. The molecule has 0 aromatic carbocycles. The Bertz CT molecular complexity index is 1910. The van der Waals surface area contributed by atoms with Gasteiger partial charge >= 0.3 is 39.5 Å². The highest BCUT2D eigenvalue weighted by Crippen LogP contribution is 2.45. The number of rotatable bonds is 70. The molecule has 0 aromatic rings. The highest BCUT2D eigenvalue weighted by atomic mass is 31.2. The van der Waals surface area contributed by atoms with Crippen LogP contribution in [0.15, 0.2) is 24.3 Å². The first-order chi connectivity index (χ1) is 44.8. The van der Waals surface area contributed by atoms with Gasteiger partial charge in [-0.2, -0.15) is 0 Å².